The molecule has 0 amide bonds. The summed E-state index contributed by atoms with van der Waals surface area (Å²) < 4.78 is 0. The summed E-state index contributed by atoms with van der Waals surface area (Å²) in [7, 11) is 0. The maximum absolute atomic E-state index is 11.9. The van der Waals surface area contributed by atoms with Crippen LogP contribution in [-0.2, 0) is 0 Å². The van der Waals surface area contributed by atoms with E-state index in [4.69, 9.17) is 29.9 Å². The number of fused-ring (bicyclic) bond motifs is 20. The van der Waals surface area contributed by atoms with Crippen LogP contribution in [0.5, 0.6) is 0 Å². The first-order chi connectivity index (χ1) is 21.1. The van der Waals surface area contributed by atoms with E-state index in [0.29, 0.717) is 56.7 Å². The van der Waals surface area contributed by atoms with Gasteiger partial charge in [0.1, 0.15) is 22.6 Å². The van der Waals surface area contributed by atoms with E-state index in [1.165, 1.54) is 0 Å². The normalized spacial score (nSPS) is 11.9. The number of H-pyrrole nitrogens is 2. The number of carboxylic acid groups (broad SMARTS) is 1. The average Bonchev–Trinajstić information content (AvgIpc) is 3.76. The van der Waals surface area contributed by atoms with E-state index in [0.717, 1.165) is 33.0 Å². The Labute approximate surface area is 241 Å². The lowest BCUT2D eigenvalue weighted by Gasteiger charge is -1.97. The predicted molar refractivity (Wildman–Crippen MR) is 163 cm³/mol. The van der Waals surface area contributed by atoms with Crippen molar-refractivity contribution in [2.24, 2.45) is 0 Å². The van der Waals surface area contributed by atoms with Gasteiger partial charge in [0.15, 0.2) is 23.3 Å². The first kappa shape index (κ1) is 23.4. The van der Waals surface area contributed by atoms with Gasteiger partial charge in [-0.15, -0.1) is 0 Å². The summed E-state index contributed by atoms with van der Waals surface area (Å²) in [5.41, 5.74) is 5.67. The third kappa shape index (κ3) is 3.50. The van der Waals surface area contributed by atoms with E-state index in [1.807, 2.05) is 72.8 Å². The van der Waals surface area contributed by atoms with E-state index in [9.17, 15) is 9.90 Å². The second-order valence-corrected chi connectivity index (χ2v) is 10.3. The lowest BCUT2D eigenvalue weighted by molar-refractivity contribution is 0.0697. The Kier molecular flexibility index (Phi) is 4.69. The molecule has 10 heteroatoms. The van der Waals surface area contributed by atoms with Crippen LogP contribution in [0.15, 0.2) is 91.0 Å². The topological polar surface area (TPSA) is 146 Å². The summed E-state index contributed by atoms with van der Waals surface area (Å²) in [6.07, 6.45) is 0. The number of carbonyl (C=O) groups is 1. The number of rotatable bonds is 1. The van der Waals surface area contributed by atoms with E-state index >= 15 is 0 Å². The van der Waals surface area contributed by atoms with Crippen LogP contribution in [0.4, 0.5) is 0 Å². The van der Waals surface area contributed by atoms with Gasteiger partial charge < -0.3 is 15.1 Å². The van der Waals surface area contributed by atoms with E-state index in [1.54, 1.807) is 18.2 Å². The fraction of sp³-hybridized carbons (Fsp3) is 0. The van der Waals surface area contributed by atoms with Gasteiger partial charge in [0.05, 0.1) is 5.56 Å². The first-order valence-corrected chi connectivity index (χ1v) is 13.6. The minimum absolute atomic E-state index is 0.142. The molecule has 2 aliphatic rings. The van der Waals surface area contributed by atoms with Gasteiger partial charge >= 0.3 is 5.97 Å². The minimum Gasteiger partial charge on any atom is -0.478 e. The summed E-state index contributed by atoms with van der Waals surface area (Å²) in [6, 6.07) is 28.4. The summed E-state index contributed by atoms with van der Waals surface area (Å²) in [5.74, 6) is 0.936. The molecule has 0 aliphatic carbocycles. The van der Waals surface area contributed by atoms with Gasteiger partial charge in [-0.25, -0.2) is 34.7 Å². The highest BCUT2D eigenvalue weighted by Gasteiger charge is 2.22. The van der Waals surface area contributed by atoms with Crippen molar-refractivity contribution in [3.05, 3.63) is 96.6 Å². The highest BCUT2D eigenvalue weighted by molar-refractivity contribution is 6.08. The second kappa shape index (κ2) is 8.60. The van der Waals surface area contributed by atoms with Crippen molar-refractivity contribution in [1.82, 2.24) is 39.9 Å². The Morgan fingerprint density at radius 2 is 0.837 bits per heavy atom. The van der Waals surface area contributed by atoms with Crippen LogP contribution in [0.1, 0.15) is 10.4 Å². The zero-order valence-electron chi connectivity index (χ0n) is 22.2. The molecule has 9 rings (SSSR count). The molecule has 0 saturated carbocycles. The summed E-state index contributed by atoms with van der Waals surface area (Å²) in [5, 5.41) is 12.8. The van der Waals surface area contributed by atoms with Crippen LogP contribution in [-0.4, -0.2) is 50.9 Å². The number of aromatic nitrogens is 8. The zero-order valence-corrected chi connectivity index (χ0v) is 22.2. The van der Waals surface area contributed by atoms with Crippen molar-refractivity contribution in [2.45, 2.75) is 0 Å². The Morgan fingerprint density at radius 3 is 1.26 bits per heavy atom. The number of carboxylic acids is 1. The Balaban J connectivity index is 1.50. The number of nitrogens with one attached hydrogen (secondary N) is 2. The quantitative estimate of drug-likeness (QED) is 0.205. The molecule has 0 radical (unpaired) electrons. The largest absolute Gasteiger partial charge is 0.478 e. The molecule has 7 aromatic rings. The maximum atomic E-state index is 11.9. The Bertz CT molecular complexity index is 2510. The third-order valence-electron chi connectivity index (χ3n) is 7.80. The monoisotopic (exact) mass is 558 g/mol. The van der Waals surface area contributed by atoms with Gasteiger partial charge in [0.2, 0.25) is 0 Å². The first-order valence-electron chi connectivity index (χ1n) is 13.6. The second-order valence-electron chi connectivity index (χ2n) is 10.3. The SMILES string of the molecule is O=C(O)c1ccc2c3nc4nc(nc5[nH]c(nc6nc(nc([nH]3)c2c1)-c1ccccc1-6)c1ccccc51)-c1ccccc1-4. The van der Waals surface area contributed by atoms with E-state index in [-0.39, 0.29) is 5.56 Å². The molecule has 0 fully saturated rings. The van der Waals surface area contributed by atoms with Crippen molar-refractivity contribution in [1.29, 1.82) is 0 Å². The lowest BCUT2D eigenvalue weighted by atomic mass is 10.1. The predicted octanol–water partition coefficient (Wildman–Crippen LogP) is 6.57. The molecule has 10 nitrogen and oxygen atoms in total. The van der Waals surface area contributed by atoms with Crippen LogP contribution in [0.2, 0.25) is 0 Å². The van der Waals surface area contributed by atoms with Crippen molar-refractivity contribution in [2.75, 3.05) is 0 Å². The van der Waals surface area contributed by atoms with Crippen molar-refractivity contribution in [3.8, 4) is 45.6 Å². The highest BCUT2D eigenvalue weighted by atomic mass is 16.4. The van der Waals surface area contributed by atoms with Crippen LogP contribution < -0.4 is 0 Å². The molecule has 2 aliphatic heterocycles. The lowest BCUT2D eigenvalue weighted by Crippen LogP contribution is -1.94. The standard InChI is InChI=1S/C33H18N8O2/c42-33(43)16-13-14-23-24(15-16)32-40-30-22-12-6-5-11-21(22)28(38-30)36-26-18-8-2-1-7-17(18)25(34-26)35-27-19-9-3-4-10-20(19)29(37-27)39-31(23)41-32/h1-15H,(H,42,43)(H2,34,35,36,37,38,39,40,41). The fourth-order valence-electron chi connectivity index (χ4n) is 5.77. The number of aromatic amines is 2. The van der Waals surface area contributed by atoms with Gasteiger partial charge in [-0.1, -0.05) is 72.8 Å². The summed E-state index contributed by atoms with van der Waals surface area (Å²) in [4.78, 5) is 48.1. The van der Waals surface area contributed by atoms with E-state index in [2.05, 4.69) is 9.97 Å². The minimum atomic E-state index is -1.03. The molecule has 0 atom stereocenters. The molecule has 0 unspecified atom stereocenters. The highest BCUT2D eigenvalue weighted by Crippen LogP contribution is 2.36. The zero-order chi connectivity index (χ0) is 28.7. The molecule has 4 aromatic carbocycles. The van der Waals surface area contributed by atoms with Crippen LogP contribution in [0.25, 0.3) is 89.7 Å². The van der Waals surface area contributed by atoms with E-state index < -0.39 is 5.97 Å². The molecule has 5 heterocycles. The molecule has 3 aromatic heterocycles. The third-order valence-corrected chi connectivity index (χ3v) is 7.80. The smallest absolute Gasteiger partial charge is 0.335 e. The number of benzene rings is 4. The van der Waals surface area contributed by atoms with Crippen molar-refractivity contribution < 1.29 is 9.90 Å². The molecule has 0 saturated heterocycles. The van der Waals surface area contributed by atoms with Gasteiger partial charge in [0, 0.05) is 43.8 Å². The maximum Gasteiger partial charge on any atom is 0.335 e. The number of nitrogens with zero attached hydrogens (tertiary/aromatic N) is 6. The number of aromatic carboxylic acids is 1. The Morgan fingerprint density at radius 1 is 0.465 bits per heavy atom. The molecule has 0 spiro atoms. The summed E-state index contributed by atoms with van der Waals surface area (Å²) >= 11 is 0. The number of hydrogen-bond donors (Lipinski definition) is 3. The van der Waals surface area contributed by atoms with Crippen molar-refractivity contribution >= 4 is 50.1 Å². The van der Waals surface area contributed by atoms with Gasteiger partial charge in [0.25, 0.3) is 0 Å². The van der Waals surface area contributed by atoms with Crippen LogP contribution >= 0.6 is 0 Å². The van der Waals surface area contributed by atoms with Crippen molar-refractivity contribution in [3.63, 3.8) is 0 Å². The molecule has 8 bridgehead atoms. The average molecular weight is 559 g/mol. The number of hydrogen-bond acceptors (Lipinski definition) is 7. The van der Waals surface area contributed by atoms with Gasteiger partial charge in [-0.05, 0) is 18.2 Å². The van der Waals surface area contributed by atoms with Gasteiger partial charge in [-0.2, -0.15) is 0 Å². The molecule has 3 N–H and O–H groups in total. The fourth-order valence-corrected chi connectivity index (χ4v) is 5.77. The molecular weight excluding hydrogens is 540 g/mol. The molecule has 202 valence electrons. The molecule has 43 heavy (non-hydrogen) atoms. The Hall–Kier alpha value is -6.29. The summed E-state index contributed by atoms with van der Waals surface area (Å²) in [6.45, 7) is 0. The molecular formula is C33H18N8O2. The van der Waals surface area contributed by atoms with Crippen LogP contribution in [0, 0.1) is 0 Å². The van der Waals surface area contributed by atoms with Gasteiger partial charge in [-0.3, -0.25) is 0 Å². The van der Waals surface area contributed by atoms with Crippen LogP contribution in [0.3, 0.4) is 0 Å².